The van der Waals surface area contributed by atoms with E-state index in [2.05, 4.69) is 40.4 Å². The van der Waals surface area contributed by atoms with Crippen LogP contribution in [0.2, 0.25) is 0 Å². The van der Waals surface area contributed by atoms with Gasteiger partial charge < -0.3 is 15.2 Å². The SMILES string of the molecule is CN(C(=N)CCc1ccccc1)C(=N)CNC=O.Cc1c[nH]c2ccccc12.Cc1ccccn1. The number of H-pyrrole nitrogens is 1. The minimum atomic E-state index is 0.147. The largest absolute Gasteiger partial charge is 0.361 e. The molecule has 0 saturated heterocycles. The van der Waals surface area contributed by atoms with E-state index in [4.69, 9.17) is 10.8 Å². The number of aryl methyl sites for hydroxylation is 3. The average molecular weight is 471 g/mol. The molecule has 4 N–H and O–H groups in total. The predicted molar refractivity (Wildman–Crippen MR) is 144 cm³/mol. The maximum atomic E-state index is 10.1. The van der Waals surface area contributed by atoms with Crippen LogP contribution in [-0.4, -0.2) is 46.5 Å². The third-order valence-corrected chi connectivity index (χ3v) is 5.26. The summed E-state index contributed by atoms with van der Waals surface area (Å²) in [5.74, 6) is 0.580. The third-order valence-electron chi connectivity index (χ3n) is 5.26. The van der Waals surface area contributed by atoms with Crippen molar-refractivity contribution in [2.75, 3.05) is 13.6 Å². The Morgan fingerprint density at radius 3 is 2.26 bits per heavy atom. The number of fused-ring (bicyclic) bond motifs is 1. The van der Waals surface area contributed by atoms with E-state index in [1.54, 1.807) is 13.2 Å². The maximum Gasteiger partial charge on any atom is 0.207 e. The highest BCUT2D eigenvalue weighted by Crippen LogP contribution is 2.15. The molecule has 4 aromatic rings. The Balaban J connectivity index is 0.000000210. The molecule has 0 aliphatic rings. The Hall–Kier alpha value is -4.26. The second-order valence-corrected chi connectivity index (χ2v) is 7.93. The summed E-state index contributed by atoms with van der Waals surface area (Å²) in [6.07, 6.45) is 5.72. The molecule has 182 valence electrons. The fourth-order valence-electron chi connectivity index (χ4n) is 3.16. The van der Waals surface area contributed by atoms with Crippen molar-refractivity contribution in [3.05, 3.63) is 102 Å². The van der Waals surface area contributed by atoms with E-state index in [-0.39, 0.29) is 12.4 Å². The lowest BCUT2D eigenvalue weighted by atomic mass is 10.1. The van der Waals surface area contributed by atoms with Crippen LogP contribution >= 0.6 is 0 Å². The molecule has 2 aromatic carbocycles. The van der Waals surface area contributed by atoms with Crippen molar-refractivity contribution in [3.8, 4) is 0 Å². The van der Waals surface area contributed by atoms with Crippen molar-refractivity contribution in [2.45, 2.75) is 26.7 Å². The van der Waals surface area contributed by atoms with Crippen LogP contribution in [0.4, 0.5) is 0 Å². The summed E-state index contributed by atoms with van der Waals surface area (Å²) in [5, 5.41) is 19.3. The molecule has 0 bridgehead atoms. The molecular weight excluding hydrogens is 436 g/mol. The normalized spacial score (nSPS) is 9.69. The summed E-state index contributed by atoms with van der Waals surface area (Å²) in [4.78, 5) is 18.8. The number of aromatic amines is 1. The van der Waals surface area contributed by atoms with Gasteiger partial charge in [0.25, 0.3) is 0 Å². The number of carbonyl (C=O) groups excluding carboxylic acids is 1. The Morgan fingerprint density at radius 2 is 1.66 bits per heavy atom. The first-order valence-electron chi connectivity index (χ1n) is 11.4. The molecule has 0 aliphatic heterocycles. The van der Waals surface area contributed by atoms with Crippen LogP contribution in [0.15, 0.2) is 85.2 Å². The number of hydrogen-bond donors (Lipinski definition) is 4. The molecule has 0 atom stereocenters. The van der Waals surface area contributed by atoms with Crippen molar-refractivity contribution in [1.82, 2.24) is 20.2 Å². The second-order valence-electron chi connectivity index (χ2n) is 7.93. The number of amidine groups is 2. The lowest BCUT2D eigenvalue weighted by molar-refractivity contribution is -0.109. The minimum absolute atomic E-state index is 0.147. The van der Waals surface area contributed by atoms with Gasteiger partial charge in [0.2, 0.25) is 6.41 Å². The highest BCUT2D eigenvalue weighted by molar-refractivity contribution is 5.99. The zero-order valence-electron chi connectivity index (χ0n) is 20.6. The Labute approximate surface area is 207 Å². The van der Waals surface area contributed by atoms with E-state index in [9.17, 15) is 4.79 Å². The van der Waals surface area contributed by atoms with Gasteiger partial charge in [-0.1, -0.05) is 54.6 Å². The minimum Gasteiger partial charge on any atom is -0.361 e. The van der Waals surface area contributed by atoms with Gasteiger partial charge in [0.05, 0.1) is 6.54 Å². The van der Waals surface area contributed by atoms with Gasteiger partial charge in [-0.3, -0.25) is 20.6 Å². The van der Waals surface area contributed by atoms with Crippen molar-refractivity contribution >= 4 is 29.0 Å². The van der Waals surface area contributed by atoms with Crippen molar-refractivity contribution in [1.29, 1.82) is 10.8 Å². The molecule has 1 amide bonds. The topological polar surface area (TPSA) is 109 Å². The van der Waals surface area contributed by atoms with E-state index in [0.29, 0.717) is 18.7 Å². The number of amides is 1. The molecule has 7 heteroatoms. The summed E-state index contributed by atoms with van der Waals surface area (Å²) in [6.45, 7) is 4.23. The van der Waals surface area contributed by atoms with Crippen LogP contribution in [0.3, 0.4) is 0 Å². The second kappa shape index (κ2) is 14.8. The average Bonchev–Trinajstić information content (AvgIpc) is 3.28. The van der Waals surface area contributed by atoms with Crippen LogP contribution in [0.25, 0.3) is 10.9 Å². The summed E-state index contributed by atoms with van der Waals surface area (Å²) in [7, 11) is 1.67. The molecular formula is C28H34N6O. The molecule has 0 unspecified atom stereocenters. The molecule has 35 heavy (non-hydrogen) atoms. The Kier molecular flexibility index (Phi) is 11.4. The number of pyridine rings is 1. The summed E-state index contributed by atoms with van der Waals surface area (Å²) in [6, 6.07) is 24.1. The fraction of sp³-hybridized carbons (Fsp3) is 0.214. The van der Waals surface area contributed by atoms with Gasteiger partial charge in [-0.05, 0) is 49.6 Å². The predicted octanol–water partition coefficient (Wildman–Crippen LogP) is 5.12. The first kappa shape index (κ1) is 27.0. The fourth-order valence-corrected chi connectivity index (χ4v) is 3.16. The maximum absolute atomic E-state index is 10.1. The third kappa shape index (κ3) is 9.63. The molecule has 7 nitrogen and oxygen atoms in total. The zero-order valence-corrected chi connectivity index (χ0v) is 20.6. The number of carbonyl (C=O) groups is 1. The van der Waals surface area contributed by atoms with E-state index >= 15 is 0 Å². The lowest BCUT2D eigenvalue weighted by Crippen LogP contribution is -2.38. The van der Waals surface area contributed by atoms with Gasteiger partial charge in [-0.2, -0.15) is 0 Å². The monoisotopic (exact) mass is 470 g/mol. The van der Waals surface area contributed by atoms with Gasteiger partial charge in [-0.25, -0.2) is 0 Å². The van der Waals surface area contributed by atoms with Crippen molar-refractivity contribution < 1.29 is 4.79 Å². The van der Waals surface area contributed by atoms with Crippen LogP contribution in [0.5, 0.6) is 0 Å². The van der Waals surface area contributed by atoms with Crippen molar-refractivity contribution in [2.24, 2.45) is 0 Å². The number of nitrogens with zero attached hydrogens (tertiary/aromatic N) is 2. The number of rotatable bonds is 6. The summed E-state index contributed by atoms with van der Waals surface area (Å²) in [5.41, 5.74) is 4.78. The van der Waals surface area contributed by atoms with E-state index in [1.807, 2.05) is 67.7 Å². The van der Waals surface area contributed by atoms with Crippen molar-refractivity contribution in [3.63, 3.8) is 0 Å². The van der Waals surface area contributed by atoms with Gasteiger partial charge in [0.1, 0.15) is 11.7 Å². The van der Waals surface area contributed by atoms with E-state index in [1.165, 1.54) is 26.9 Å². The Morgan fingerprint density at radius 1 is 0.971 bits per heavy atom. The van der Waals surface area contributed by atoms with Gasteiger partial charge in [0.15, 0.2) is 0 Å². The highest BCUT2D eigenvalue weighted by atomic mass is 16.1. The molecule has 0 fully saturated rings. The number of para-hydroxylation sites is 1. The number of benzene rings is 2. The van der Waals surface area contributed by atoms with Crippen LogP contribution in [0.1, 0.15) is 23.2 Å². The van der Waals surface area contributed by atoms with Gasteiger partial charge in [0, 0.05) is 42.5 Å². The first-order chi connectivity index (χ1) is 16.9. The van der Waals surface area contributed by atoms with Crippen LogP contribution in [0, 0.1) is 24.7 Å². The lowest BCUT2D eigenvalue weighted by Gasteiger charge is -2.20. The highest BCUT2D eigenvalue weighted by Gasteiger charge is 2.09. The Bertz CT molecular complexity index is 1190. The van der Waals surface area contributed by atoms with Crippen LogP contribution in [-0.2, 0) is 11.2 Å². The quantitative estimate of drug-likeness (QED) is 0.178. The zero-order chi connectivity index (χ0) is 25.5. The van der Waals surface area contributed by atoms with E-state index in [0.717, 1.165) is 12.1 Å². The molecule has 2 aromatic heterocycles. The molecule has 0 spiro atoms. The number of aromatic nitrogens is 2. The first-order valence-corrected chi connectivity index (χ1v) is 11.4. The summed E-state index contributed by atoms with van der Waals surface area (Å²) < 4.78 is 0. The molecule has 0 saturated carbocycles. The molecule has 0 radical (unpaired) electrons. The molecule has 4 rings (SSSR count). The van der Waals surface area contributed by atoms with Crippen LogP contribution < -0.4 is 5.32 Å². The number of nitrogens with one attached hydrogen (secondary N) is 4. The van der Waals surface area contributed by atoms with E-state index < -0.39 is 0 Å². The molecule has 2 heterocycles. The standard InChI is InChI=1S/C13H18N4O.C9H9N.C6H7N/c1-17(13(15)9-16-10-18)12(14)8-7-11-5-3-2-4-6-11;1-7-6-10-9-5-3-2-4-8(7)9;1-6-4-2-3-5-7-6/h2-6,10,14-15H,7-9H2,1H3,(H,16,18);2-6,10H,1H3;2-5H,1H3. The summed E-state index contributed by atoms with van der Waals surface area (Å²) >= 11 is 0. The smallest absolute Gasteiger partial charge is 0.207 e. The number of hydrogen-bond acceptors (Lipinski definition) is 4. The van der Waals surface area contributed by atoms with Gasteiger partial charge in [-0.15, -0.1) is 0 Å². The molecule has 0 aliphatic carbocycles. The number of likely N-dealkylation sites (N-methyl/N-ethyl adjacent to an activating group) is 1. The van der Waals surface area contributed by atoms with Gasteiger partial charge >= 0.3 is 0 Å².